The molecule has 29 heavy (non-hydrogen) atoms. The van der Waals surface area contributed by atoms with Crippen LogP contribution in [0.2, 0.25) is 0 Å². The zero-order valence-corrected chi connectivity index (χ0v) is 17.8. The van der Waals surface area contributed by atoms with E-state index in [1.54, 1.807) is 11.9 Å². The second kappa shape index (κ2) is 10.9. The van der Waals surface area contributed by atoms with E-state index >= 15 is 0 Å². The maximum atomic E-state index is 12.2. The van der Waals surface area contributed by atoms with Crippen molar-refractivity contribution in [3.05, 3.63) is 33.7 Å². The Hall–Kier alpha value is -2.48. The number of esters is 2. The highest BCUT2D eigenvalue weighted by molar-refractivity contribution is 8.04. The van der Waals surface area contributed by atoms with Gasteiger partial charge in [-0.05, 0) is 60.6 Å². The van der Waals surface area contributed by atoms with Gasteiger partial charge >= 0.3 is 11.9 Å². The summed E-state index contributed by atoms with van der Waals surface area (Å²) >= 11 is 1.48. The van der Waals surface area contributed by atoms with Crippen molar-refractivity contribution in [3.63, 3.8) is 0 Å². The Morgan fingerprint density at radius 2 is 1.62 bits per heavy atom. The molecular formula is C21H27NO6S. The molecule has 2 rings (SSSR count). The van der Waals surface area contributed by atoms with Crippen LogP contribution in [0.1, 0.15) is 43.4 Å². The summed E-state index contributed by atoms with van der Waals surface area (Å²) in [7, 11) is 1.76. The summed E-state index contributed by atoms with van der Waals surface area (Å²) in [5.74, 6) is 0.128. The molecule has 0 bridgehead atoms. The summed E-state index contributed by atoms with van der Waals surface area (Å²) in [5.41, 5.74) is 2.30. The molecule has 158 valence electrons. The monoisotopic (exact) mass is 421 g/mol. The van der Waals surface area contributed by atoms with Gasteiger partial charge in [0.1, 0.15) is 5.75 Å². The molecule has 1 aliphatic heterocycles. The Morgan fingerprint density at radius 1 is 1.10 bits per heavy atom. The molecule has 1 aromatic carbocycles. The van der Waals surface area contributed by atoms with E-state index in [2.05, 4.69) is 0 Å². The zero-order valence-electron chi connectivity index (χ0n) is 17.0. The molecule has 0 aliphatic carbocycles. The number of nitrogens with zero attached hydrogens (tertiary/aromatic N) is 1. The van der Waals surface area contributed by atoms with Gasteiger partial charge in [-0.15, -0.1) is 0 Å². The van der Waals surface area contributed by atoms with E-state index in [9.17, 15) is 19.5 Å². The van der Waals surface area contributed by atoms with Crippen LogP contribution < -0.4 is 0 Å². The average molecular weight is 422 g/mol. The van der Waals surface area contributed by atoms with Gasteiger partial charge in [-0.1, -0.05) is 11.8 Å². The Balaban J connectivity index is 2.19. The standard InChI is InChI=1S/C21H27NO6S/c1-14(23)27-8-4-6-17-10-16(12-19-21(26)22(3)13-29-19)11-18(20(17)25)7-5-9-28-15(2)24/h10-12,25H,4-9,13H2,1-3H3/b19-12-. The molecule has 0 aromatic heterocycles. The smallest absolute Gasteiger partial charge is 0.302 e. The van der Waals surface area contributed by atoms with Crippen LogP contribution in [0.4, 0.5) is 0 Å². The number of aromatic hydroxyl groups is 1. The summed E-state index contributed by atoms with van der Waals surface area (Å²) in [6.45, 7) is 3.28. The van der Waals surface area contributed by atoms with Crippen molar-refractivity contribution in [1.29, 1.82) is 0 Å². The Bertz CT molecular complexity index is 761. The highest BCUT2D eigenvalue weighted by Crippen LogP contribution is 2.32. The number of carbonyl (C=O) groups excluding carboxylic acids is 3. The van der Waals surface area contributed by atoms with E-state index in [0.29, 0.717) is 36.5 Å². The molecular weight excluding hydrogens is 394 g/mol. The van der Waals surface area contributed by atoms with Crippen molar-refractivity contribution in [3.8, 4) is 5.75 Å². The Labute approximate surface area is 175 Å². The van der Waals surface area contributed by atoms with Crippen molar-refractivity contribution in [1.82, 2.24) is 4.90 Å². The summed E-state index contributed by atoms with van der Waals surface area (Å²) in [5, 5.41) is 10.7. The Morgan fingerprint density at radius 3 is 2.03 bits per heavy atom. The van der Waals surface area contributed by atoms with Gasteiger partial charge in [0.05, 0.1) is 24.0 Å². The third kappa shape index (κ3) is 7.12. The first-order chi connectivity index (χ1) is 13.8. The number of rotatable bonds is 9. The maximum Gasteiger partial charge on any atom is 0.302 e. The highest BCUT2D eigenvalue weighted by Gasteiger charge is 2.23. The number of thioether (sulfide) groups is 1. The largest absolute Gasteiger partial charge is 0.507 e. The fourth-order valence-corrected chi connectivity index (χ4v) is 3.89. The fourth-order valence-electron chi connectivity index (χ4n) is 2.94. The van der Waals surface area contributed by atoms with E-state index in [0.717, 1.165) is 16.7 Å². The summed E-state index contributed by atoms with van der Waals surface area (Å²) in [6.07, 6.45) is 4.07. The number of hydrogen-bond acceptors (Lipinski definition) is 7. The number of amides is 1. The minimum absolute atomic E-state index is 0.0177. The van der Waals surface area contributed by atoms with E-state index in [-0.39, 0.29) is 36.8 Å². The van der Waals surface area contributed by atoms with E-state index in [1.807, 2.05) is 18.2 Å². The summed E-state index contributed by atoms with van der Waals surface area (Å²) in [4.78, 5) is 36.3. The van der Waals surface area contributed by atoms with Crippen molar-refractivity contribution < 1.29 is 29.0 Å². The van der Waals surface area contributed by atoms with E-state index in [1.165, 1.54) is 25.6 Å². The molecule has 1 N–H and O–H groups in total. The predicted molar refractivity (Wildman–Crippen MR) is 111 cm³/mol. The van der Waals surface area contributed by atoms with Crippen LogP contribution >= 0.6 is 11.8 Å². The molecule has 1 aliphatic rings. The highest BCUT2D eigenvalue weighted by atomic mass is 32.2. The van der Waals surface area contributed by atoms with Gasteiger partial charge in [-0.25, -0.2) is 0 Å². The van der Waals surface area contributed by atoms with Crippen molar-refractivity contribution in [2.75, 3.05) is 26.1 Å². The predicted octanol–water partition coefficient (Wildman–Crippen LogP) is 2.89. The topological polar surface area (TPSA) is 93.1 Å². The van der Waals surface area contributed by atoms with Crippen LogP contribution in [0.3, 0.4) is 0 Å². The minimum Gasteiger partial charge on any atom is -0.507 e. The lowest BCUT2D eigenvalue weighted by atomic mass is 9.97. The number of carbonyl (C=O) groups is 3. The Kier molecular flexibility index (Phi) is 8.57. The van der Waals surface area contributed by atoms with Gasteiger partial charge in [0.25, 0.3) is 5.91 Å². The number of aryl methyl sites for hydroxylation is 2. The lowest BCUT2D eigenvalue weighted by molar-refractivity contribution is -0.142. The van der Waals surface area contributed by atoms with Crippen LogP contribution in [-0.2, 0) is 36.7 Å². The molecule has 1 amide bonds. The summed E-state index contributed by atoms with van der Waals surface area (Å²) < 4.78 is 9.93. The molecule has 0 atom stereocenters. The van der Waals surface area contributed by atoms with Crippen LogP contribution in [0, 0.1) is 0 Å². The molecule has 0 radical (unpaired) electrons. The van der Waals surface area contributed by atoms with Gasteiger partial charge in [0, 0.05) is 20.9 Å². The molecule has 1 fully saturated rings. The molecule has 0 unspecified atom stereocenters. The van der Waals surface area contributed by atoms with E-state index in [4.69, 9.17) is 9.47 Å². The van der Waals surface area contributed by atoms with Gasteiger partial charge in [-0.2, -0.15) is 0 Å². The van der Waals surface area contributed by atoms with Crippen LogP contribution in [0.15, 0.2) is 17.0 Å². The second-order valence-electron chi connectivity index (χ2n) is 6.86. The van der Waals surface area contributed by atoms with Gasteiger partial charge in [-0.3, -0.25) is 14.4 Å². The van der Waals surface area contributed by atoms with Crippen molar-refractivity contribution in [2.24, 2.45) is 0 Å². The van der Waals surface area contributed by atoms with Gasteiger partial charge in [0.2, 0.25) is 0 Å². The van der Waals surface area contributed by atoms with Crippen LogP contribution in [0.25, 0.3) is 6.08 Å². The second-order valence-corrected chi connectivity index (χ2v) is 7.85. The van der Waals surface area contributed by atoms with Crippen LogP contribution in [0.5, 0.6) is 5.75 Å². The summed E-state index contributed by atoms with van der Waals surface area (Å²) in [6, 6.07) is 3.72. The van der Waals surface area contributed by atoms with Crippen LogP contribution in [-0.4, -0.2) is 54.0 Å². The van der Waals surface area contributed by atoms with Gasteiger partial charge in [0.15, 0.2) is 0 Å². The first kappa shape index (κ1) is 22.8. The maximum absolute atomic E-state index is 12.2. The quantitative estimate of drug-likeness (QED) is 0.372. The molecule has 8 heteroatoms. The number of phenolic OH excluding ortho intramolecular Hbond substituents is 1. The van der Waals surface area contributed by atoms with Crippen molar-refractivity contribution >= 4 is 35.7 Å². The number of phenols is 1. The molecule has 1 saturated heterocycles. The zero-order chi connectivity index (χ0) is 21.4. The molecule has 1 heterocycles. The third-order valence-electron chi connectivity index (χ3n) is 4.35. The number of likely N-dealkylation sites (N-methyl/N-ethyl adjacent to an activating group) is 1. The van der Waals surface area contributed by atoms with E-state index < -0.39 is 0 Å². The minimum atomic E-state index is -0.334. The first-order valence-corrected chi connectivity index (χ1v) is 10.5. The fraction of sp³-hybridized carbons (Fsp3) is 0.476. The number of benzene rings is 1. The SMILES string of the molecule is CC(=O)OCCCc1cc(/C=C2\SCN(C)C2=O)cc(CCCOC(C)=O)c1O. The van der Waals surface area contributed by atoms with Gasteiger partial charge < -0.3 is 19.5 Å². The van der Waals surface area contributed by atoms with Crippen molar-refractivity contribution in [2.45, 2.75) is 39.5 Å². The first-order valence-electron chi connectivity index (χ1n) is 9.49. The number of ether oxygens (including phenoxy) is 2. The molecule has 0 saturated carbocycles. The molecule has 1 aromatic rings. The normalized spacial score (nSPS) is 15.1. The molecule has 7 nitrogen and oxygen atoms in total. The molecule has 0 spiro atoms. The average Bonchev–Trinajstić information content (AvgIpc) is 2.97. The lowest BCUT2D eigenvalue weighted by Gasteiger charge is -2.13. The lowest BCUT2D eigenvalue weighted by Crippen LogP contribution is -2.18. The number of hydrogen-bond donors (Lipinski definition) is 1. The third-order valence-corrected chi connectivity index (χ3v) is 5.47.